The molecule has 0 unspecified atom stereocenters. The van der Waals surface area contributed by atoms with Gasteiger partial charge in [-0.2, -0.15) is 9.37 Å². The molecule has 1 aromatic rings. The Hall–Kier alpha value is -1.46. The molecule has 0 aliphatic rings. The number of rotatable bonds is 2. The predicted molar refractivity (Wildman–Crippen MR) is 54.6 cm³/mol. The molecule has 0 fully saturated rings. The molecule has 0 amide bonds. The lowest BCUT2D eigenvalue weighted by molar-refractivity contribution is 0.365. The molecule has 0 aromatic carbocycles. The molecular weight excluding hydrogens is 204 g/mol. The van der Waals surface area contributed by atoms with Crippen LogP contribution in [0.1, 0.15) is 5.69 Å². The highest BCUT2D eigenvalue weighted by molar-refractivity contribution is 5.33. The summed E-state index contributed by atoms with van der Waals surface area (Å²) in [4.78, 5) is 9.50. The molecule has 0 radical (unpaired) electrons. The van der Waals surface area contributed by atoms with Crippen LogP contribution in [-0.2, 0) is 0 Å². The Balaban J connectivity index is 0.000000921. The van der Waals surface area contributed by atoms with Gasteiger partial charge in [0.05, 0.1) is 20.0 Å². The molecule has 0 atom stereocenters. The second-order valence-electron chi connectivity index (χ2n) is 2.83. The lowest BCUT2D eigenvalue weighted by atomic mass is 10.4. The molecule has 4 nitrogen and oxygen atoms in total. The van der Waals surface area contributed by atoms with E-state index in [1.807, 2.05) is 0 Å². The molecule has 0 aliphatic carbocycles. The van der Waals surface area contributed by atoms with E-state index in [4.69, 9.17) is 4.74 Å². The molecule has 6 heteroatoms. The van der Waals surface area contributed by atoms with Crippen LogP contribution >= 0.6 is 0 Å². The fraction of sp³-hybridized carbons (Fsp3) is 0.556. The van der Waals surface area contributed by atoms with Crippen LogP contribution in [0.2, 0.25) is 0 Å². The highest BCUT2D eigenvalue weighted by Crippen LogP contribution is 2.18. The van der Waals surface area contributed by atoms with Crippen molar-refractivity contribution >= 4 is 5.95 Å². The zero-order valence-electron chi connectivity index (χ0n) is 9.51. The topological polar surface area (TPSA) is 38.2 Å². The van der Waals surface area contributed by atoms with E-state index in [0.29, 0.717) is 13.1 Å². The molecule has 0 N–H and O–H groups in total. The molecule has 15 heavy (non-hydrogen) atoms. The number of hydrogen-bond acceptors (Lipinski definition) is 4. The summed E-state index contributed by atoms with van der Waals surface area (Å²) in [6, 6.07) is 0. The van der Waals surface area contributed by atoms with Gasteiger partial charge in [-0.25, -0.2) is 4.98 Å². The minimum absolute atomic E-state index is 0.0174. The maximum atomic E-state index is 13.2. The molecule has 0 saturated heterocycles. The van der Waals surface area contributed by atoms with Crippen LogP contribution in [0.5, 0.6) is 5.88 Å². The summed E-state index contributed by atoms with van der Waals surface area (Å²) in [6.07, 6.45) is 0. The lowest BCUT2D eigenvalue weighted by Crippen LogP contribution is -2.14. The SMILES string of the molecule is CF.COc1nc(N(C)C)nc(C)c1F. The first kappa shape index (κ1) is 13.5. The van der Waals surface area contributed by atoms with E-state index in [1.165, 1.54) is 7.11 Å². The average molecular weight is 219 g/mol. The monoisotopic (exact) mass is 219 g/mol. The van der Waals surface area contributed by atoms with Crippen molar-refractivity contribution in [3.8, 4) is 5.88 Å². The van der Waals surface area contributed by atoms with Crippen molar-refractivity contribution in [3.63, 3.8) is 0 Å². The van der Waals surface area contributed by atoms with Crippen molar-refractivity contribution in [2.24, 2.45) is 0 Å². The zero-order chi connectivity index (χ0) is 12.0. The number of aromatic nitrogens is 2. The second-order valence-corrected chi connectivity index (χ2v) is 2.83. The van der Waals surface area contributed by atoms with Crippen molar-refractivity contribution in [2.75, 3.05) is 33.3 Å². The maximum absolute atomic E-state index is 13.2. The first-order valence-electron chi connectivity index (χ1n) is 4.19. The van der Waals surface area contributed by atoms with Crippen molar-refractivity contribution < 1.29 is 13.5 Å². The number of aryl methyl sites for hydroxylation is 1. The highest BCUT2D eigenvalue weighted by Gasteiger charge is 2.12. The van der Waals surface area contributed by atoms with Crippen LogP contribution in [0.3, 0.4) is 0 Å². The number of ether oxygens (including phenoxy) is 1. The third-order valence-electron chi connectivity index (χ3n) is 1.57. The zero-order valence-corrected chi connectivity index (χ0v) is 9.51. The third kappa shape index (κ3) is 3.30. The molecule has 0 spiro atoms. The number of nitrogens with zero attached hydrogens (tertiary/aromatic N) is 3. The Morgan fingerprint density at radius 2 is 1.73 bits per heavy atom. The number of methoxy groups -OCH3 is 1. The summed E-state index contributed by atoms with van der Waals surface area (Å²) in [5, 5.41) is 0. The molecule has 0 saturated carbocycles. The summed E-state index contributed by atoms with van der Waals surface area (Å²) < 4.78 is 27.4. The smallest absolute Gasteiger partial charge is 0.255 e. The normalized spacial score (nSPS) is 9.00. The lowest BCUT2D eigenvalue weighted by Gasteiger charge is -2.12. The van der Waals surface area contributed by atoms with Gasteiger partial charge in [0.25, 0.3) is 5.88 Å². The first-order chi connectivity index (χ1) is 7.06. The first-order valence-corrected chi connectivity index (χ1v) is 4.19. The molecular formula is C9H15F2N3O. The van der Waals surface area contributed by atoms with Gasteiger partial charge in [-0.3, -0.25) is 4.39 Å². The standard InChI is InChI=1S/C8H12FN3O.CH3F/c1-5-6(9)7(13-4)11-8(10-5)12(2)3;1-2/h1-4H3;1H3. The molecule has 1 aromatic heterocycles. The van der Waals surface area contributed by atoms with E-state index in [0.717, 1.165) is 0 Å². The fourth-order valence-corrected chi connectivity index (χ4v) is 0.854. The van der Waals surface area contributed by atoms with E-state index in [2.05, 4.69) is 9.97 Å². The van der Waals surface area contributed by atoms with Crippen molar-refractivity contribution in [1.29, 1.82) is 0 Å². The fourth-order valence-electron chi connectivity index (χ4n) is 0.854. The second kappa shape index (κ2) is 6.10. The predicted octanol–water partition coefficient (Wildman–Crippen LogP) is 1.58. The molecule has 86 valence electrons. The highest BCUT2D eigenvalue weighted by atomic mass is 19.1. The Kier molecular flexibility index (Phi) is 5.51. The number of halogens is 2. The Bertz CT molecular complexity index is 318. The van der Waals surface area contributed by atoms with E-state index in [-0.39, 0.29) is 11.6 Å². The summed E-state index contributed by atoms with van der Waals surface area (Å²) >= 11 is 0. The van der Waals surface area contributed by atoms with Gasteiger partial charge in [-0.15, -0.1) is 0 Å². The van der Waals surface area contributed by atoms with E-state index >= 15 is 0 Å². The number of anilines is 1. The van der Waals surface area contributed by atoms with Crippen LogP contribution in [0.15, 0.2) is 0 Å². The van der Waals surface area contributed by atoms with Gasteiger partial charge >= 0.3 is 0 Å². The van der Waals surface area contributed by atoms with Crippen LogP contribution in [0, 0.1) is 12.7 Å². The van der Waals surface area contributed by atoms with Crippen LogP contribution in [0.25, 0.3) is 0 Å². The van der Waals surface area contributed by atoms with Gasteiger partial charge in [0.1, 0.15) is 0 Å². The van der Waals surface area contributed by atoms with E-state index in [1.54, 1.807) is 25.9 Å². The van der Waals surface area contributed by atoms with Crippen molar-refractivity contribution in [2.45, 2.75) is 6.92 Å². The summed E-state index contributed by atoms with van der Waals surface area (Å²) in [7, 11) is 5.45. The summed E-state index contributed by atoms with van der Waals surface area (Å²) in [6.45, 7) is 1.58. The molecule has 1 heterocycles. The van der Waals surface area contributed by atoms with E-state index in [9.17, 15) is 8.78 Å². The quantitative estimate of drug-likeness (QED) is 0.757. The summed E-state index contributed by atoms with van der Waals surface area (Å²) in [5.41, 5.74) is 0.288. The Labute approximate surface area is 87.9 Å². The van der Waals surface area contributed by atoms with Crippen LogP contribution in [0.4, 0.5) is 14.7 Å². The minimum atomic E-state index is -0.506. The van der Waals surface area contributed by atoms with Gasteiger partial charge in [0, 0.05) is 14.1 Å². The Morgan fingerprint density at radius 3 is 2.13 bits per heavy atom. The molecule has 0 bridgehead atoms. The number of hydrogen-bond donors (Lipinski definition) is 0. The van der Waals surface area contributed by atoms with E-state index < -0.39 is 5.82 Å². The van der Waals surface area contributed by atoms with Gasteiger partial charge in [0.15, 0.2) is 0 Å². The van der Waals surface area contributed by atoms with Crippen LogP contribution in [-0.4, -0.2) is 38.4 Å². The Morgan fingerprint density at radius 1 is 1.20 bits per heavy atom. The number of alkyl halides is 1. The van der Waals surface area contributed by atoms with Gasteiger partial charge < -0.3 is 9.64 Å². The van der Waals surface area contributed by atoms with Gasteiger partial charge in [-0.1, -0.05) is 0 Å². The third-order valence-corrected chi connectivity index (χ3v) is 1.57. The van der Waals surface area contributed by atoms with Gasteiger partial charge in [0.2, 0.25) is 11.8 Å². The largest absolute Gasteiger partial charge is 0.479 e. The molecule has 0 aliphatic heterocycles. The molecule has 1 rings (SSSR count). The summed E-state index contributed by atoms with van der Waals surface area (Å²) in [5.74, 6) is -0.0833. The minimum Gasteiger partial charge on any atom is -0.479 e. The van der Waals surface area contributed by atoms with Crippen molar-refractivity contribution in [1.82, 2.24) is 9.97 Å². The maximum Gasteiger partial charge on any atom is 0.255 e. The van der Waals surface area contributed by atoms with Crippen LogP contribution < -0.4 is 9.64 Å². The average Bonchev–Trinajstić information content (AvgIpc) is 2.24. The van der Waals surface area contributed by atoms with Crippen molar-refractivity contribution in [3.05, 3.63) is 11.5 Å². The van der Waals surface area contributed by atoms with Gasteiger partial charge in [-0.05, 0) is 6.92 Å².